The Labute approximate surface area is 99.9 Å². The quantitative estimate of drug-likeness (QED) is 0.825. The van der Waals surface area contributed by atoms with Crippen molar-refractivity contribution in [3.8, 4) is 17.1 Å². The van der Waals surface area contributed by atoms with Gasteiger partial charge in [-0.05, 0) is 24.3 Å². The van der Waals surface area contributed by atoms with Gasteiger partial charge in [-0.3, -0.25) is 0 Å². The van der Waals surface area contributed by atoms with Gasteiger partial charge in [-0.1, -0.05) is 0 Å². The number of anilines is 1. The van der Waals surface area contributed by atoms with E-state index in [2.05, 4.69) is 0 Å². The number of rotatable bonds is 4. The van der Waals surface area contributed by atoms with Crippen molar-refractivity contribution in [2.45, 2.75) is 6.61 Å². The van der Waals surface area contributed by atoms with Crippen LogP contribution in [0.2, 0.25) is 0 Å². The fourth-order valence-electron chi connectivity index (χ4n) is 1.63. The summed E-state index contributed by atoms with van der Waals surface area (Å²) in [4.78, 5) is 0. The number of nitrogens with two attached hydrogens (primary N) is 1. The molecule has 4 heteroatoms. The van der Waals surface area contributed by atoms with Crippen molar-refractivity contribution in [2.75, 3.05) is 20.0 Å². The Morgan fingerprint density at radius 3 is 2.65 bits per heavy atom. The van der Waals surface area contributed by atoms with Gasteiger partial charge in [0, 0.05) is 24.4 Å². The molecule has 0 aliphatic carbocycles. The number of hydrogen-bond acceptors (Lipinski definition) is 4. The van der Waals surface area contributed by atoms with Crippen LogP contribution in [0.25, 0.3) is 11.3 Å². The maximum Gasteiger partial charge on any atom is 0.136 e. The summed E-state index contributed by atoms with van der Waals surface area (Å²) >= 11 is 0. The average Bonchev–Trinajstić information content (AvgIpc) is 2.78. The standard InChI is InChI=1S/C13H15NO3/c1-15-8-10-4-6-13(17-10)11-5-3-9(16-2)7-12(11)14/h3-7H,8,14H2,1-2H3. The molecule has 1 aromatic heterocycles. The molecule has 1 aromatic carbocycles. The second kappa shape index (κ2) is 4.93. The Kier molecular flexibility index (Phi) is 3.35. The van der Waals surface area contributed by atoms with Crippen LogP contribution in [0.4, 0.5) is 5.69 Å². The molecule has 0 amide bonds. The van der Waals surface area contributed by atoms with Crippen LogP contribution in [0, 0.1) is 0 Å². The first-order valence-electron chi connectivity index (χ1n) is 5.26. The first-order valence-corrected chi connectivity index (χ1v) is 5.26. The van der Waals surface area contributed by atoms with Crippen molar-refractivity contribution in [1.82, 2.24) is 0 Å². The molecule has 1 heterocycles. The summed E-state index contributed by atoms with van der Waals surface area (Å²) in [5.74, 6) is 2.24. The summed E-state index contributed by atoms with van der Waals surface area (Å²) in [6.45, 7) is 0.454. The van der Waals surface area contributed by atoms with Gasteiger partial charge in [-0.2, -0.15) is 0 Å². The Hall–Kier alpha value is -1.94. The minimum absolute atomic E-state index is 0.454. The van der Waals surface area contributed by atoms with Gasteiger partial charge in [0.25, 0.3) is 0 Å². The molecule has 0 bridgehead atoms. The Morgan fingerprint density at radius 2 is 2.00 bits per heavy atom. The van der Waals surface area contributed by atoms with Crippen molar-refractivity contribution in [2.24, 2.45) is 0 Å². The van der Waals surface area contributed by atoms with E-state index in [1.165, 1.54) is 0 Å². The largest absolute Gasteiger partial charge is 0.497 e. The lowest BCUT2D eigenvalue weighted by Crippen LogP contribution is -1.91. The zero-order chi connectivity index (χ0) is 12.3. The van der Waals surface area contributed by atoms with Crippen LogP contribution in [0.15, 0.2) is 34.7 Å². The first kappa shape index (κ1) is 11.5. The molecule has 0 fully saturated rings. The van der Waals surface area contributed by atoms with Gasteiger partial charge in [-0.15, -0.1) is 0 Å². The Balaban J connectivity index is 2.32. The predicted octanol–water partition coefficient (Wildman–Crippen LogP) is 2.68. The summed E-state index contributed by atoms with van der Waals surface area (Å²) in [5, 5.41) is 0. The van der Waals surface area contributed by atoms with E-state index in [4.69, 9.17) is 19.6 Å². The maximum absolute atomic E-state index is 5.94. The number of benzene rings is 1. The molecule has 2 rings (SSSR count). The highest BCUT2D eigenvalue weighted by molar-refractivity contribution is 5.74. The fourth-order valence-corrected chi connectivity index (χ4v) is 1.63. The van der Waals surface area contributed by atoms with E-state index in [0.29, 0.717) is 12.3 Å². The molecule has 0 unspecified atom stereocenters. The highest BCUT2D eigenvalue weighted by atomic mass is 16.5. The van der Waals surface area contributed by atoms with Crippen molar-refractivity contribution < 1.29 is 13.9 Å². The molecule has 4 nitrogen and oxygen atoms in total. The molecule has 17 heavy (non-hydrogen) atoms. The van der Waals surface area contributed by atoms with Crippen LogP contribution in [-0.4, -0.2) is 14.2 Å². The molecule has 90 valence electrons. The summed E-state index contributed by atoms with van der Waals surface area (Å²) in [6, 6.07) is 9.26. The molecule has 0 saturated carbocycles. The topological polar surface area (TPSA) is 57.6 Å². The van der Waals surface area contributed by atoms with Gasteiger partial charge in [0.05, 0.1) is 7.11 Å². The van der Waals surface area contributed by atoms with Crippen LogP contribution in [0.5, 0.6) is 5.75 Å². The molecule has 0 spiro atoms. The molecule has 2 N–H and O–H groups in total. The van der Waals surface area contributed by atoms with Crippen LogP contribution in [0.3, 0.4) is 0 Å². The van der Waals surface area contributed by atoms with Gasteiger partial charge < -0.3 is 19.6 Å². The summed E-state index contributed by atoms with van der Waals surface area (Å²) in [6.07, 6.45) is 0. The molecule has 0 radical (unpaired) electrons. The van der Waals surface area contributed by atoms with Crippen molar-refractivity contribution in [3.05, 3.63) is 36.1 Å². The second-order valence-electron chi connectivity index (χ2n) is 3.65. The zero-order valence-corrected chi connectivity index (χ0v) is 9.90. The van der Waals surface area contributed by atoms with Crippen LogP contribution >= 0.6 is 0 Å². The number of furan rings is 1. The molecule has 0 aliphatic rings. The van der Waals surface area contributed by atoms with Crippen molar-refractivity contribution in [1.29, 1.82) is 0 Å². The predicted molar refractivity (Wildman–Crippen MR) is 65.8 cm³/mol. The molecular weight excluding hydrogens is 218 g/mol. The maximum atomic E-state index is 5.94. The smallest absolute Gasteiger partial charge is 0.136 e. The van der Waals surface area contributed by atoms with Crippen LogP contribution in [-0.2, 0) is 11.3 Å². The zero-order valence-electron chi connectivity index (χ0n) is 9.90. The number of hydrogen-bond donors (Lipinski definition) is 1. The summed E-state index contributed by atoms with van der Waals surface area (Å²) < 4.78 is 15.7. The van der Waals surface area contributed by atoms with Gasteiger partial charge in [0.2, 0.25) is 0 Å². The normalized spacial score (nSPS) is 10.5. The van der Waals surface area contributed by atoms with E-state index < -0.39 is 0 Å². The molecule has 0 saturated heterocycles. The third-order valence-electron chi connectivity index (χ3n) is 2.47. The number of ether oxygens (including phenoxy) is 2. The highest BCUT2D eigenvalue weighted by Gasteiger charge is 2.08. The lowest BCUT2D eigenvalue weighted by Gasteiger charge is -2.05. The third-order valence-corrected chi connectivity index (χ3v) is 2.47. The summed E-state index contributed by atoms with van der Waals surface area (Å²) in [7, 11) is 3.24. The van der Waals surface area contributed by atoms with E-state index in [1.807, 2.05) is 24.3 Å². The van der Waals surface area contributed by atoms with Crippen LogP contribution < -0.4 is 10.5 Å². The van der Waals surface area contributed by atoms with E-state index in [-0.39, 0.29) is 0 Å². The number of methoxy groups -OCH3 is 2. The minimum atomic E-state index is 0.454. The van der Waals surface area contributed by atoms with Crippen LogP contribution in [0.1, 0.15) is 5.76 Å². The van der Waals surface area contributed by atoms with E-state index in [1.54, 1.807) is 20.3 Å². The third kappa shape index (κ3) is 2.42. The highest BCUT2D eigenvalue weighted by Crippen LogP contribution is 2.30. The molecule has 0 aliphatic heterocycles. The lowest BCUT2D eigenvalue weighted by atomic mass is 10.1. The lowest BCUT2D eigenvalue weighted by molar-refractivity contribution is 0.165. The van der Waals surface area contributed by atoms with Gasteiger partial charge >= 0.3 is 0 Å². The Morgan fingerprint density at radius 1 is 1.18 bits per heavy atom. The number of nitrogen functional groups attached to an aromatic ring is 1. The fraction of sp³-hybridized carbons (Fsp3) is 0.231. The SMILES string of the molecule is COCc1ccc(-c2ccc(OC)cc2N)o1. The minimum Gasteiger partial charge on any atom is -0.497 e. The first-order chi connectivity index (χ1) is 8.24. The molecule has 2 aromatic rings. The second-order valence-corrected chi connectivity index (χ2v) is 3.65. The molecule has 0 atom stereocenters. The summed E-state index contributed by atoms with van der Waals surface area (Å²) in [5.41, 5.74) is 7.42. The molecular formula is C13H15NO3. The van der Waals surface area contributed by atoms with E-state index >= 15 is 0 Å². The average molecular weight is 233 g/mol. The van der Waals surface area contributed by atoms with E-state index in [9.17, 15) is 0 Å². The van der Waals surface area contributed by atoms with Gasteiger partial charge in [0.15, 0.2) is 0 Å². The van der Waals surface area contributed by atoms with Gasteiger partial charge in [0.1, 0.15) is 23.9 Å². The van der Waals surface area contributed by atoms with Crippen molar-refractivity contribution >= 4 is 5.69 Å². The van der Waals surface area contributed by atoms with E-state index in [0.717, 1.165) is 22.8 Å². The van der Waals surface area contributed by atoms with Gasteiger partial charge in [-0.25, -0.2) is 0 Å². The van der Waals surface area contributed by atoms with Crippen molar-refractivity contribution in [3.63, 3.8) is 0 Å². The monoisotopic (exact) mass is 233 g/mol. The Bertz CT molecular complexity index is 505.